The van der Waals surface area contributed by atoms with Gasteiger partial charge in [-0.05, 0) is 23.8 Å². The van der Waals surface area contributed by atoms with E-state index >= 15 is 0 Å². The molecular weight excluding hydrogens is 339 g/mol. The SMILES string of the molecule is O=C(O)CC(NC(=O)c1cc(=O)[nH]c2ccccc12)c1ccc(F)cc1. The zero-order valence-corrected chi connectivity index (χ0v) is 13.5. The fraction of sp³-hybridized carbons (Fsp3) is 0.105. The number of hydrogen-bond donors (Lipinski definition) is 3. The minimum atomic E-state index is -1.12. The Morgan fingerprint density at radius 1 is 1.12 bits per heavy atom. The minimum Gasteiger partial charge on any atom is -0.481 e. The third-order valence-electron chi connectivity index (χ3n) is 3.95. The maximum atomic E-state index is 13.1. The molecule has 7 heteroatoms. The Morgan fingerprint density at radius 2 is 1.81 bits per heavy atom. The van der Waals surface area contributed by atoms with E-state index in [2.05, 4.69) is 10.3 Å². The number of para-hydroxylation sites is 1. The first-order valence-corrected chi connectivity index (χ1v) is 7.84. The number of aliphatic carboxylic acids is 1. The van der Waals surface area contributed by atoms with E-state index in [0.29, 0.717) is 16.5 Å². The standard InChI is InChI=1S/C19H15FN2O4/c20-12-7-5-11(6-8-12)16(10-18(24)25)22-19(26)14-9-17(23)21-15-4-2-1-3-13(14)15/h1-9,16H,10H2,(H,21,23)(H,22,26)(H,24,25). The van der Waals surface area contributed by atoms with Crippen LogP contribution in [-0.4, -0.2) is 22.0 Å². The van der Waals surface area contributed by atoms with Crippen molar-refractivity contribution in [1.82, 2.24) is 10.3 Å². The lowest BCUT2D eigenvalue weighted by atomic mass is 10.0. The molecule has 3 rings (SSSR count). The van der Waals surface area contributed by atoms with Crippen LogP contribution in [0.2, 0.25) is 0 Å². The Balaban J connectivity index is 1.97. The van der Waals surface area contributed by atoms with Gasteiger partial charge in [0.25, 0.3) is 5.91 Å². The zero-order chi connectivity index (χ0) is 18.7. The number of benzene rings is 2. The summed E-state index contributed by atoms with van der Waals surface area (Å²) < 4.78 is 13.1. The van der Waals surface area contributed by atoms with E-state index in [1.54, 1.807) is 24.3 Å². The molecule has 132 valence electrons. The van der Waals surface area contributed by atoms with Crippen LogP contribution in [0.25, 0.3) is 10.9 Å². The Hall–Kier alpha value is -3.48. The lowest BCUT2D eigenvalue weighted by molar-refractivity contribution is -0.137. The summed E-state index contributed by atoms with van der Waals surface area (Å²) in [6, 6.07) is 12.3. The average Bonchev–Trinajstić information content (AvgIpc) is 2.60. The molecule has 1 aromatic heterocycles. The average molecular weight is 354 g/mol. The molecule has 1 atom stereocenters. The second-order valence-corrected chi connectivity index (χ2v) is 5.77. The molecule has 0 aliphatic rings. The van der Waals surface area contributed by atoms with E-state index < -0.39 is 29.3 Å². The Morgan fingerprint density at radius 3 is 2.50 bits per heavy atom. The normalized spacial score (nSPS) is 11.9. The summed E-state index contributed by atoms with van der Waals surface area (Å²) in [4.78, 5) is 38.3. The van der Waals surface area contributed by atoms with Crippen molar-refractivity contribution >= 4 is 22.8 Å². The zero-order valence-electron chi connectivity index (χ0n) is 13.5. The number of rotatable bonds is 5. The van der Waals surface area contributed by atoms with Crippen LogP contribution < -0.4 is 10.9 Å². The second-order valence-electron chi connectivity index (χ2n) is 5.77. The van der Waals surface area contributed by atoms with Crippen molar-refractivity contribution in [2.75, 3.05) is 0 Å². The fourth-order valence-corrected chi connectivity index (χ4v) is 2.75. The van der Waals surface area contributed by atoms with E-state index in [0.717, 1.165) is 0 Å². The van der Waals surface area contributed by atoms with Crippen LogP contribution in [0.15, 0.2) is 59.4 Å². The Bertz CT molecular complexity index is 1030. The van der Waals surface area contributed by atoms with E-state index in [-0.39, 0.29) is 12.0 Å². The molecule has 1 heterocycles. The number of carboxylic acids is 1. The van der Waals surface area contributed by atoms with Gasteiger partial charge in [-0.1, -0.05) is 30.3 Å². The van der Waals surface area contributed by atoms with Crippen molar-refractivity contribution in [3.05, 3.63) is 81.9 Å². The Kier molecular flexibility index (Phi) is 4.79. The highest BCUT2D eigenvalue weighted by Gasteiger charge is 2.20. The van der Waals surface area contributed by atoms with Gasteiger partial charge in [0.15, 0.2) is 0 Å². The molecule has 0 saturated carbocycles. The quantitative estimate of drug-likeness (QED) is 0.656. The van der Waals surface area contributed by atoms with E-state index in [1.807, 2.05) is 0 Å². The van der Waals surface area contributed by atoms with E-state index in [9.17, 15) is 18.8 Å². The highest BCUT2D eigenvalue weighted by atomic mass is 19.1. The number of carboxylic acid groups (broad SMARTS) is 1. The van der Waals surface area contributed by atoms with Gasteiger partial charge >= 0.3 is 5.97 Å². The molecule has 0 bridgehead atoms. The van der Waals surface area contributed by atoms with Crippen LogP contribution in [0, 0.1) is 5.82 Å². The lowest BCUT2D eigenvalue weighted by Gasteiger charge is -2.18. The van der Waals surface area contributed by atoms with Crippen molar-refractivity contribution in [2.24, 2.45) is 0 Å². The molecule has 2 aromatic carbocycles. The predicted octanol–water partition coefficient (Wildman–Crippen LogP) is 2.61. The first-order chi connectivity index (χ1) is 12.4. The van der Waals surface area contributed by atoms with Crippen molar-refractivity contribution in [3.63, 3.8) is 0 Å². The fourth-order valence-electron chi connectivity index (χ4n) is 2.75. The molecule has 0 saturated heterocycles. The largest absolute Gasteiger partial charge is 0.481 e. The van der Waals surface area contributed by atoms with Crippen LogP contribution in [0.5, 0.6) is 0 Å². The number of carbonyl (C=O) groups excluding carboxylic acids is 1. The number of pyridine rings is 1. The molecular formula is C19H15FN2O4. The number of halogens is 1. The van der Waals surface area contributed by atoms with Gasteiger partial charge in [0.05, 0.1) is 18.0 Å². The number of H-pyrrole nitrogens is 1. The highest BCUT2D eigenvalue weighted by Crippen LogP contribution is 2.20. The smallest absolute Gasteiger partial charge is 0.305 e. The van der Waals surface area contributed by atoms with Gasteiger partial charge in [0.1, 0.15) is 5.82 Å². The maximum Gasteiger partial charge on any atom is 0.305 e. The number of amides is 1. The van der Waals surface area contributed by atoms with Gasteiger partial charge in [-0.2, -0.15) is 0 Å². The van der Waals surface area contributed by atoms with Crippen molar-refractivity contribution in [2.45, 2.75) is 12.5 Å². The van der Waals surface area contributed by atoms with Crippen LogP contribution in [0.4, 0.5) is 4.39 Å². The van der Waals surface area contributed by atoms with E-state index in [1.165, 1.54) is 30.3 Å². The number of nitrogens with one attached hydrogen (secondary N) is 2. The maximum absolute atomic E-state index is 13.1. The summed E-state index contributed by atoms with van der Waals surface area (Å²) in [6.45, 7) is 0. The number of aromatic amines is 1. The van der Waals surface area contributed by atoms with Crippen molar-refractivity contribution in [1.29, 1.82) is 0 Å². The number of aromatic nitrogens is 1. The van der Waals surface area contributed by atoms with Crippen LogP contribution in [-0.2, 0) is 4.79 Å². The molecule has 0 aliphatic carbocycles. The first kappa shape index (κ1) is 17.3. The molecule has 0 radical (unpaired) electrons. The number of hydrogen-bond acceptors (Lipinski definition) is 3. The monoisotopic (exact) mass is 354 g/mol. The molecule has 0 spiro atoms. The van der Waals surface area contributed by atoms with Gasteiger partial charge in [0.2, 0.25) is 5.56 Å². The van der Waals surface area contributed by atoms with Crippen molar-refractivity contribution in [3.8, 4) is 0 Å². The van der Waals surface area contributed by atoms with Gasteiger partial charge in [-0.3, -0.25) is 14.4 Å². The summed E-state index contributed by atoms with van der Waals surface area (Å²) in [5, 5.41) is 12.3. The molecule has 3 aromatic rings. The van der Waals surface area contributed by atoms with Crippen LogP contribution in [0.1, 0.15) is 28.4 Å². The summed E-state index contributed by atoms with van der Waals surface area (Å²) in [5.41, 5.74) is 0.658. The van der Waals surface area contributed by atoms with Gasteiger partial charge < -0.3 is 15.4 Å². The Labute approximate surface area is 147 Å². The van der Waals surface area contributed by atoms with Gasteiger partial charge in [0, 0.05) is 17.0 Å². The van der Waals surface area contributed by atoms with E-state index in [4.69, 9.17) is 5.11 Å². The molecule has 26 heavy (non-hydrogen) atoms. The predicted molar refractivity (Wildman–Crippen MR) is 93.4 cm³/mol. The molecule has 1 unspecified atom stereocenters. The molecule has 6 nitrogen and oxygen atoms in total. The van der Waals surface area contributed by atoms with Gasteiger partial charge in [-0.15, -0.1) is 0 Å². The number of fused-ring (bicyclic) bond motifs is 1. The summed E-state index contributed by atoms with van der Waals surface area (Å²) in [7, 11) is 0. The summed E-state index contributed by atoms with van der Waals surface area (Å²) in [6.07, 6.45) is -0.376. The van der Waals surface area contributed by atoms with Crippen LogP contribution >= 0.6 is 0 Å². The first-order valence-electron chi connectivity index (χ1n) is 7.84. The highest BCUT2D eigenvalue weighted by molar-refractivity contribution is 6.06. The lowest BCUT2D eigenvalue weighted by Crippen LogP contribution is -2.31. The molecule has 1 amide bonds. The molecule has 0 fully saturated rings. The topological polar surface area (TPSA) is 99.3 Å². The third kappa shape index (κ3) is 3.77. The molecule has 0 aliphatic heterocycles. The number of carbonyl (C=O) groups is 2. The molecule has 3 N–H and O–H groups in total. The third-order valence-corrected chi connectivity index (χ3v) is 3.95. The minimum absolute atomic E-state index is 0.141. The van der Waals surface area contributed by atoms with Crippen molar-refractivity contribution < 1.29 is 19.1 Å². The summed E-state index contributed by atoms with van der Waals surface area (Å²) >= 11 is 0. The second kappa shape index (κ2) is 7.18. The van der Waals surface area contributed by atoms with Crippen LogP contribution in [0.3, 0.4) is 0 Å². The van der Waals surface area contributed by atoms with Gasteiger partial charge in [-0.25, -0.2) is 4.39 Å². The summed E-state index contributed by atoms with van der Waals surface area (Å²) in [5.74, 6) is -2.16.